The van der Waals surface area contributed by atoms with Crippen LogP contribution in [0.1, 0.15) is 34.7 Å². The summed E-state index contributed by atoms with van der Waals surface area (Å²) < 4.78 is 22.4. The Bertz CT molecular complexity index is 1620. The van der Waals surface area contributed by atoms with Gasteiger partial charge in [0.15, 0.2) is 5.82 Å². The maximum Gasteiger partial charge on any atom is 0.299 e. The van der Waals surface area contributed by atoms with Crippen LogP contribution < -0.4 is 21.5 Å². The summed E-state index contributed by atoms with van der Waals surface area (Å²) in [5, 5.41) is 7.99. The van der Waals surface area contributed by atoms with E-state index in [2.05, 4.69) is 10.4 Å². The molecule has 10 nitrogen and oxygen atoms in total. The number of aromatic nitrogens is 4. The Labute approximate surface area is 232 Å². The van der Waals surface area contributed by atoms with Crippen LogP contribution in [-0.4, -0.2) is 57.9 Å². The third-order valence-electron chi connectivity index (χ3n) is 7.18. The largest absolute Gasteiger partial charge is 0.376 e. The predicted octanol–water partition coefficient (Wildman–Crippen LogP) is 2.53. The standard InChI is InChI=1S/C26H27ClFN7O3S/c1-2-18-22(33-8-6-30-7-9-33)25(37)35-26(31-24(32-35)19-11-14-5-10-38-13-20(14)39-19)34(18)21(23(29)36)16-4-3-15(28)12-17(16)27/h3-4,11-12,21,30H,2,5-10,13H2,1H3,(H2,29,36). The fourth-order valence-corrected chi connectivity index (χ4v) is 6.72. The maximum atomic E-state index is 14.0. The highest BCUT2D eigenvalue weighted by atomic mass is 35.5. The van der Waals surface area contributed by atoms with E-state index >= 15 is 0 Å². The second-order valence-electron chi connectivity index (χ2n) is 9.54. The molecular weight excluding hydrogens is 545 g/mol. The number of anilines is 1. The van der Waals surface area contributed by atoms with E-state index in [9.17, 15) is 14.0 Å². The van der Waals surface area contributed by atoms with Crippen LogP contribution in [0.2, 0.25) is 5.02 Å². The van der Waals surface area contributed by atoms with Crippen LogP contribution in [0.3, 0.4) is 0 Å². The Morgan fingerprint density at radius 3 is 2.79 bits per heavy atom. The molecule has 2 aliphatic heterocycles. The highest BCUT2D eigenvalue weighted by Gasteiger charge is 2.32. The number of primary amides is 1. The number of piperazine rings is 1. The molecule has 1 atom stereocenters. The number of carbonyl (C=O) groups excluding carboxylic acids is 1. The molecule has 1 amide bonds. The van der Waals surface area contributed by atoms with E-state index in [4.69, 9.17) is 27.1 Å². The number of nitrogens with two attached hydrogens (primary N) is 1. The summed E-state index contributed by atoms with van der Waals surface area (Å²) >= 11 is 7.97. The number of rotatable bonds is 6. The number of amides is 1. The molecule has 204 valence electrons. The molecule has 0 spiro atoms. The molecule has 1 fully saturated rings. The summed E-state index contributed by atoms with van der Waals surface area (Å²) in [6.07, 6.45) is 1.20. The minimum absolute atomic E-state index is 0.0482. The van der Waals surface area contributed by atoms with E-state index in [1.165, 1.54) is 33.5 Å². The quantitative estimate of drug-likeness (QED) is 0.365. The van der Waals surface area contributed by atoms with E-state index in [0.717, 1.165) is 22.2 Å². The van der Waals surface area contributed by atoms with Gasteiger partial charge >= 0.3 is 0 Å². The lowest BCUT2D eigenvalue weighted by molar-refractivity contribution is -0.120. The van der Waals surface area contributed by atoms with E-state index in [1.54, 1.807) is 4.57 Å². The Morgan fingerprint density at radius 1 is 1.31 bits per heavy atom. The van der Waals surface area contributed by atoms with Crippen LogP contribution in [0.15, 0.2) is 29.1 Å². The zero-order valence-electron chi connectivity index (χ0n) is 21.2. The van der Waals surface area contributed by atoms with Gasteiger partial charge in [-0.3, -0.25) is 14.2 Å². The van der Waals surface area contributed by atoms with E-state index in [0.29, 0.717) is 68.6 Å². The van der Waals surface area contributed by atoms with Crippen molar-refractivity contribution in [2.45, 2.75) is 32.4 Å². The molecule has 13 heteroatoms. The minimum Gasteiger partial charge on any atom is -0.376 e. The molecule has 0 bridgehead atoms. The van der Waals surface area contributed by atoms with Crippen molar-refractivity contribution >= 4 is 40.3 Å². The Kier molecular flexibility index (Phi) is 6.88. The van der Waals surface area contributed by atoms with Gasteiger partial charge in [0, 0.05) is 41.6 Å². The molecule has 4 aromatic rings. The van der Waals surface area contributed by atoms with Gasteiger partial charge in [0.1, 0.15) is 17.5 Å². The van der Waals surface area contributed by atoms with Crippen LogP contribution in [0, 0.1) is 5.82 Å². The SMILES string of the molecule is CCc1c(N2CCNCC2)c(=O)n2nc(-c3cc4c(s3)COCC4)nc2n1C(C(N)=O)c1ccc(F)cc1Cl. The topological polar surface area (TPSA) is 120 Å². The lowest BCUT2D eigenvalue weighted by Crippen LogP contribution is -2.47. The summed E-state index contributed by atoms with van der Waals surface area (Å²) in [5.41, 5.74) is 8.17. The molecule has 0 radical (unpaired) electrons. The van der Waals surface area contributed by atoms with E-state index in [1.807, 2.05) is 17.9 Å². The van der Waals surface area contributed by atoms with Crippen molar-refractivity contribution in [2.75, 3.05) is 37.7 Å². The first kappa shape index (κ1) is 25.9. The molecule has 0 saturated carbocycles. The number of hydrogen-bond donors (Lipinski definition) is 2. The van der Waals surface area contributed by atoms with E-state index in [-0.39, 0.29) is 16.4 Å². The van der Waals surface area contributed by atoms with Crippen molar-refractivity contribution < 1.29 is 13.9 Å². The molecule has 39 heavy (non-hydrogen) atoms. The number of carbonyl (C=O) groups is 1. The number of thiophene rings is 1. The lowest BCUT2D eigenvalue weighted by atomic mass is 10.0. The molecule has 1 aromatic carbocycles. The first-order chi connectivity index (χ1) is 18.9. The van der Waals surface area contributed by atoms with Crippen LogP contribution >= 0.6 is 22.9 Å². The highest BCUT2D eigenvalue weighted by Crippen LogP contribution is 2.35. The molecule has 6 rings (SSSR count). The lowest BCUT2D eigenvalue weighted by Gasteiger charge is -2.32. The normalized spacial score (nSPS) is 16.4. The molecule has 1 unspecified atom stereocenters. The van der Waals surface area contributed by atoms with Crippen molar-refractivity contribution in [3.8, 4) is 10.7 Å². The molecule has 0 aliphatic carbocycles. The number of fused-ring (bicyclic) bond motifs is 2. The third-order valence-corrected chi connectivity index (χ3v) is 8.66. The average molecular weight is 572 g/mol. The first-order valence-corrected chi connectivity index (χ1v) is 14.0. The van der Waals surface area contributed by atoms with Crippen LogP contribution in [0.5, 0.6) is 0 Å². The van der Waals surface area contributed by atoms with Gasteiger partial charge in [0.2, 0.25) is 11.7 Å². The summed E-state index contributed by atoms with van der Waals surface area (Å²) in [6, 6.07) is 4.69. The van der Waals surface area contributed by atoms with Gasteiger partial charge in [-0.05, 0) is 36.6 Å². The number of ether oxygens (including phenoxy) is 1. The van der Waals surface area contributed by atoms with Crippen LogP contribution in [0.25, 0.3) is 16.5 Å². The number of nitrogens with zero attached hydrogens (tertiary/aromatic N) is 5. The van der Waals surface area contributed by atoms with E-state index < -0.39 is 17.8 Å². The van der Waals surface area contributed by atoms with Crippen LogP contribution in [-0.2, 0) is 29.0 Å². The van der Waals surface area contributed by atoms with Gasteiger partial charge in [-0.15, -0.1) is 16.4 Å². The Hall–Kier alpha value is -3.32. The van der Waals surface area contributed by atoms with Crippen molar-refractivity contribution in [2.24, 2.45) is 5.73 Å². The van der Waals surface area contributed by atoms with Gasteiger partial charge < -0.3 is 20.7 Å². The molecule has 3 N–H and O–H groups in total. The van der Waals surface area contributed by atoms with Crippen molar-refractivity contribution in [3.05, 3.63) is 67.2 Å². The molecule has 1 saturated heterocycles. The monoisotopic (exact) mass is 571 g/mol. The maximum absolute atomic E-state index is 14.0. The number of halogens is 2. The van der Waals surface area contributed by atoms with Gasteiger partial charge in [-0.25, -0.2) is 4.39 Å². The zero-order valence-corrected chi connectivity index (χ0v) is 22.8. The summed E-state index contributed by atoms with van der Waals surface area (Å²) in [7, 11) is 0. The van der Waals surface area contributed by atoms with Crippen molar-refractivity contribution in [1.29, 1.82) is 0 Å². The Balaban J connectivity index is 1.65. The summed E-state index contributed by atoms with van der Waals surface area (Å²) in [5.74, 6) is -0.723. The Morgan fingerprint density at radius 2 is 2.10 bits per heavy atom. The number of benzene rings is 1. The highest BCUT2D eigenvalue weighted by molar-refractivity contribution is 7.15. The van der Waals surface area contributed by atoms with Crippen molar-refractivity contribution in [1.82, 2.24) is 24.5 Å². The minimum atomic E-state index is -1.15. The zero-order chi connectivity index (χ0) is 27.3. The fourth-order valence-electron chi connectivity index (χ4n) is 5.37. The van der Waals surface area contributed by atoms with Crippen LogP contribution in [0.4, 0.5) is 10.1 Å². The van der Waals surface area contributed by atoms with Crippen molar-refractivity contribution in [3.63, 3.8) is 0 Å². The third kappa shape index (κ3) is 4.50. The summed E-state index contributed by atoms with van der Waals surface area (Å²) in [6.45, 7) is 5.70. The second-order valence-corrected chi connectivity index (χ2v) is 11.1. The molecular formula is C26H27ClFN7O3S. The first-order valence-electron chi connectivity index (χ1n) is 12.8. The number of hydrogen-bond acceptors (Lipinski definition) is 8. The molecule has 3 aromatic heterocycles. The second kappa shape index (κ2) is 10.3. The number of nitrogens with one attached hydrogen (secondary N) is 1. The van der Waals surface area contributed by atoms with Gasteiger partial charge in [0.05, 0.1) is 23.8 Å². The van der Waals surface area contributed by atoms with Gasteiger partial charge in [-0.1, -0.05) is 24.6 Å². The smallest absolute Gasteiger partial charge is 0.299 e. The van der Waals surface area contributed by atoms with Gasteiger partial charge in [-0.2, -0.15) is 9.50 Å². The summed E-state index contributed by atoms with van der Waals surface area (Å²) in [4.78, 5) is 35.8. The predicted molar refractivity (Wildman–Crippen MR) is 147 cm³/mol. The average Bonchev–Trinajstić information content (AvgIpc) is 3.56. The molecule has 5 heterocycles. The molecule has 2 aliphatic rings. The van der Waals surface area contributed by atoms with Gasteiger partial charge in [0.25, 0.3) is 5.56 Å². The fraction of sp³-hybridized carbons (Fsp3) is 0.385.